The number of piperidine rings is 1. The van der Waals surface area contributed by atoms with Crippen LogP contribution < -0.4 is 10.7 Å². The average molecular weight is 441 g/mol. The topological polar surface area (TPSA) is 102 Å². The summed E-state index contributed by atoms with van der Waals surface area (Å²) in [4.78, 5) is 53.5. The van der Waals surface area contributed by atoms with Crippen LogP contribution in [0.3, 0.4) is 0 Å². The number of likely N-dealkylation sites (tertiary alicyclic amines) is 1. The van der Waals surface area contributed by atoms with E-state index < -0.39 is 23.0 Å². The number of nitrogens with zero attached hydrogens (tertiary/aromatic N) is 3. The molecule has 9 heteroatoms. The smallest absolute Gasteiger partial charge is 0.420 e. The standard InChI is InChI=1S/C23H27N3O6/c1-5-10-25-16-7-6-15(13-17(16)31-21(25)30)26-19(28)14-18(27)23(26)8-11-24(12-9-23)20(29)32-22(2,3)4/h5-7,13H,1,8-12,14H2,2-4H3. The van der Waals surface area contributed by atoms with Crippen molar-refractivity contribution in [3.05, 3.63) is 41.4 Å². The highest BCUT2D eigenvalue weighted by Crippen LogP contribution is 2.41. The number of Topliss-reactive ketones (excluding diaryl/α,β-unsaturated/α-hetero) is 1. The van der Waals surface area contributed by atoms with Crippen LogP contribution in [0.1, 0.15) is 40.0 Å². The Morgan fingerprint density at radius 2 is 1.91 bits per heavy atom. The van der Waals surface area contributed by atoms with Crippen LogP contribution in [0.5, 0.6) is 0 Å². The molecule has 2 fully saturated rings. The van der Waals surface area contributed by atoms with Gasteiger partial charge in [-0.1, -0.05) is 6.08 Å². The first-order valence-electron chi connectivity index (χ1n) is 10.6. The van der Waals surface area contributed by atoms with Gasteiger partial charge in [0.2, 0.25) is 5.91 Å². The van der Waals surface area contributed by atoms with E-state index in [2.05, 4.69) is 6.58 Å². The zero-order chi connectivity index (χ0) is 23.3. The van der Waals surface area contributed by atoms with Gasteiger partial charge in [0.05, 0.1) is 11.9 Å². The Morgan fingerprint density at radius 1 is 1.22 bits per heavy atom. The van der Waals surface area contributed by atoms with Gasteiger partial charge in [-0.15, -0.1) is 6.58 Å². The minimum absolute atomic E-state index is 0.155. The Bertz CT molecular complexity index is 1160. The van der Waals surface area contributed by atoms with Crippen molar-refractivity contribution in [2.75, 3.05) is 18.0 Å². The number of aromatic nitrogens is 1. The number of anilines is 1. The van der Waals surface area contributed by atoms with Crippen molar-refractivity contribution >= 4 is 34.6 Å². The van der Waals surface area contributed by atoms with Gasteiger partial charge in [-0.25, -0.2) is 9.59 Å². The first kappa shape index (κ1) is 21.9. The Hall–Kier alpha value is -3.36. The molecule has 9 nitrogen and oxygen atoms in total. The van der Waals surface area contributed by atoms with Crippen molar-refractivity contribution in [1.29, 1.82) is 0 Å². The van der Waals surface area contributed by atoms with Crippen molar-refractivity contribution in [3.63, 3.8) is 0 Å². The fourth-order valence-corrected chi connectivity index (χ4v) is 4.52. The first-order chi connectivity index (χ1) is 15.1. The second-order valence-corrected chi connectivity index (χ2v) is 9.25. The number of oxazole rings is 1. The summed E-state index contributed by atoms with van der Waals surface area (Å²) in [6.07, 6.45) is 1.61. The van der Waals surface area contributed by atoms with Gasteiger partial charge in [-0.2, -0.15) is 0 Å². The van der Waals surface area contributed by atoms with Gasteiger partial charge in [0, 0.05) is 31.4 Å². The van der Waals surface area contributed by atoms with E-state index in [1.54, 1.807) is 49.9 Å². The lowest BCUT2D eigenvalue weighted by Crippen LogP contribution is -2.57. The van der Waals surface area contributed by atoms with Gasteiger partial charge >= 0.3 is 11.8 Å². The Balaban J connectivity index is 1.63. The number of amides is 2. The summed E-state index contributed by atoms with van der Waals surface area (Å²) in [7, 11) is 0. The number of rotatable bonds is 3. The molecule has 4 rings (SSSR count). The monoisotopic (exact) mass is 441 g/mol. The molecule has 170 valence electrons. The number of ether oxygens (including phenoxy) is 1. The van der Waals surface area contributed by atoms with E-state index in [4.69, 9.17) is 9.15 Å². The fourth-order valence-electron chi connectivity index (χ4n) is 4.52. The zero-order valence-electron chi connectivity index (χ0n) is 18.6. The van der Waals surface area contributed by atoms with Gasteiger partial charge in [-0.3, -0.25) is 19.1 Å². The van der Waals surface area contributed by atoms with Crippen LogP contribution in [-0.4, -0.2) is 51.5 Å². The van der Waals surface area contributed by atoms with Crippen LogP contribution in [0.2, 0.25) is 0 Å². The van der Waals surface area contributed by atoms with Crippen LogP contribution >= 0.6 is 0 Å². The minimum atomic E-state index is -1.02. The molecule has 1 aromatic heterocycles. The number of allylic oxidation sites excluding steroid dienone is 1. The van der Waals surface area contributed by atoms with Gasteiger partial charge in [0.1, 0.15) is 11.1 Å². The SMILES string of the molecule is C=CCn1c(=O)oc2cc(N3C(=O)CC(=O)C34CCN(C(=O)OC(C)(C)C)CC4)ccc21. The fraction of sp³-hybridized carbons (Fsp3) is 0.478. The van der Waals surface area contributed by atoms with Crippen LogP contribution in [-0.2, 0) is 20.9 Å². The maximum atomic E-state index is 13.0. The summed E-state index contributed by atoms with van der Waals surface area (Å²) in [5.41, 5.74) is -0.210. The van der Waals surface area contributed by atoms with E-state index in [0.29, 0.717) is 49.3 Å². The summed E-state index contributed by atoms with van der Waals surface area (Å²) in [5, 5.41) is 0. The van der Waals surface area contributed by atoms with Gasteiger partial charge in [0.25, 0.3) is 0 Å². The molecular weight excluding hydrogens is 414 g/mol. The van der Waals surface area contributed by atoms with Crippen molar-refractivity contribution in [1.82, 2.24) is 9.47 Å². The van der Waals surface area contributed by atoms with E-state index in [1.807, 2.05) is 0 Å². The zero-order valence-corrected chi connectivity index (χ0v) is 18.6. The van der Waals surface area contributed by atoms with Gasteiger partial charge in [0.15, 0.2) is 11.4 Å². The highest BCUT2D eigenvalue weighted by molar-refractivity contribution is 6.20. The molecule has 2 saturated heterocycles. The molecule has 1 aromatic carbocycles. The number of carbonyl (C=O) groups is 3. The van der Waals surface area contributed by atoms with Crippen molar-refractivity contribution in [2.45, 2.75) is 57.7 Å². The molecule has 0 radical (unpaired) electrons. The van der Waals surface area contributed by atoms with Gasteiger partial charge in [-0.05, 0) is 45.7 Å². The first-order valence-corrected chi connectivity index (χ1v) is 10.6. The number of carbonyl (C=O) groups excluding carboxylic acids is 3. The van der Waals surface area contributed by atoms with Crippen molar-refractivity contribution in [2.24, 2.45) is 0 Å². The summed E-state index contributed by atoms with van der Waals surface area (Å²) >= 11 is 0. The normalized spacial score (nSPS) is 18.6. The third-order valence-corrected chi connectivity index (χ3v) is 5.97. The van der Waals surface area contributed by atoms with E-state index in [1.165, 1.54) is 9.47 Å². The summed E-state index contributed by atoms with van der Waals surface area (Å²) in [5.74, 6) is -0.966. The highest BCUT2D eigenvalue weighted by atomic mass is 16.6. The molecule has 3 heterocycles. The second-order valence-electron chi connectivity index (χ2n) is 9.25. The Labute approximate surface area is 185 Å². The summed E-state index contributed by atoms with van der Waals surface area (Å²) in [6.45, 7) is 9.96. The molecule has 0 N–H and O–H groups in total. The summed E-state index contributed by atoms with van der Waals surface area (Å²) in [6, 6.07) is 5.04. The largest absolute Gasteiger partial charge is 0.444 e. The highest BCUT2D eigenvalue weighted by Gasteiger charge is 2.54. The molecule has 0 atom stereocenters. The van der Waals surface area contributed by atoms with E-state index in [0.717, 1.165) is 0 Å². The lowest BCUT2D eigenvalue weighted by molar-refractivity contribution is -0.124. The second kappa shape index (κ2) is 7.65. The lowest BCUT2D eigenvalue weighted by Gasteiger charge is -2.43. The average Bonchev–Trinajstić information content (AvgIpc) is 3.14. The summed E-state index contributed by atoms with van der Waals surface area (Å²) < 4.78 is 12.2. The van der Waals surface area contributed by atoms with E-state index >= 15 is 0 Å². The lowest BCUT2D eigenvalue weighted by atomic mass is 9.83. The molecule has 0 aliphatic carbocycles. The third kappa shape index (κ3) is 3.61. The molecule has 32 heavy (non-hydrogen) atoms. The molecule has 2 aliphatic rings. The van der Waals surface area contributed by atoms with E-state index in [9.17, 15) is 19.2 Å². The van der Waals surface area contributed by atoms with Crippen molar-refractivity contribution < 1.29 is 23.5 Å². The van der Waals surface area contributed by atoms with Crippen LogP contribution in [0.25, 0.3) is 11.1 Å². The van der Waals surface area contributed by atoms with Crippen LogP contribution in [0.4, 0.5) is 10.5 Å². The number of benzene rings is 1. The van der Waals surface area contributed by atoms with E-state index in [-0.39, 0.29) is 18.1 Å². The number of hydrogen-bond donors (Lipinski definition) is 0. The maximum absolute atomic E-state index is 13.0. The number of hydrogen-bond acceptors (Lipinski definition) is 6. The molecule has 2 aromatic rings. The molecular formula is C23H27N3O6. The minimum Gasteiger partial charge on any atom is -0.444 e. The predicted octanol–water partition coefficient (Wildman–Crippen LogP) is 2.86. The molecule has 1 spiro atoms. The molecule has 0 bridgehead atoms. The van der Waals surface area contributed by atoms with Crippen molar-refractivity contribution in [3.8, 4) is 0 Å². The Kier molecular flexibility index (Phi) is 5.22. The molecule has 0 saturated carbocycles. The molecule has 2 amide bonds. The van der Waals surface area contributed by atoms with Crippen LogP contribution in [0.15, 0.2) is 40.1 Å². The number of ketones is 1. The molecule has 2 aliphatic heterocycles. The predicted molar refractivity (Wildman–Crippen MR) is 118 cm³/mol. The van der Waals surface area contributed by atoms with Gasteiger partial charge < -0.3 is 14.1 Å². The molecule has 0 unspecified atom stereocenters. The maximum Gasteiger partial charge on any atom is 0.420 e. The van der Waals surface area contributed by atoms with Crippen LogP contribution in [0, 0.1) is 0 Å². The third-order valence-electron chi connectivity index (χ3n) is 5.97. The Morgan fingerprint density at radius 3 is 2.53 bits per heavy atom. The quantitative estimate of drug-likeness (QED) is 0.536. The number of fused-ring (bicyclic) bond motifs is 1.